The summed E-state index contributed by atoms with van der Waals surface area (Å²) >= 11 is 0. The van der Waals surface area contributed by atoms with E-state index in [9.17, 15) is 5.11 Å². The van der Waals surface area contributed by atoms with Crippen molar-refractivity contribution >= 4 is 10.9 Å². The van der Waals surface area contributed by atoms with Crippen LogP contribution in [0.2, 0.25) is 0 Å². The SMILES string of the molecule is CCOCC(C)Cn1cc(-c2cn[nH]c2)c2cc(C#CC(C)(C)O)ncc21. The smallest absolute Gasteiger partial charge is 0.120 e. The molecule has 0 radical (unpaired) electrons. The molecule has 142 valence electrons. The van der Waals surface area contributed by atoms with Crippen molar-refractivity contribution in [1.82, 2.24) is 19.7 Å². The molecule has 0 aliphatic carbocycles. The third kappa shape index (κ3) is 4.76. The van der Waals surface area contributed by atoms with E-state index in [1.165, 1.54) is 0 Å². The Kier molecular flexibility index (Phi) is 5.64. The van der Waals surface area contributed by atoms with Gasteiger partial charge in [-0.05, 0) is 38.7 Å². The average molecular weight is 366 g/mol. The molecular weight excluding hydrogens is 340 g/mol. The molecule has 0 aromatic carbocycles. The molecule has 2 N–H and O–H groups in total. The summed E-state index contributed by atoms with van der Waals surface area (Å²) in [6.07, 6.45) is 7.67. The molecule has 0 saturated heterocycles. The lowest BCUT2D eigenvalue weighted by atomic mass is 10.1. The molecule has 0 aliphatic heterocycles. The molecule has 6 heteroatoms. The van der Waals surface area contributed by atoms with Gasteiger partial charge in [0.05, 0.1) is 24.5 Å². The Morgan fingerprint density at radius 2 is 2.19 bits per heavy atom. The van der Waals surface area contributed by atoms with Crippen molar-refractivity contribution in [3.8, 4) is 23.0 Å². The van der Waals surface area contributed by atoms with Crippen LogP contribution in [-0.2, 0) is 11.3 Å². The first-order chi connectivity index (χ1) is 12.9. The van der Waals surface area contributed by atoms with Crippen molar-refractivity contribution in [3.05, 3.63) is 36.5 Å². The molecule has 1 atom stereocenters. The number of aliphatic hydroxyl groups is 1. The largest absolute Gasteiger partial charge is 0.381 e. The quantitative estimate of drug-likeness (QED) is 0.657. The summed E-state index contributed by atoms with van der Waals surface area (Å²) in [4.78, 5) is 4.47. The van der Waals surface area contributed by atoms with Gasteiger partial charge in [0, 0.05) is 42.1 Å². The number of hydrogen-bond donors (Lipinski definition) is 2. The Morgan fingerprint density at radius 3 is 2.85 bits per heavy atom. The molecule has 0 saturated carbocycles. The van der Waals surface area contributed by atoms with E-state index >= 15 is 0 Å². The van der Waals surface area contributed by atoms with E-state index < -0.39 is 5.60 Å². The molecule has 3 aromatic heterocycles. The van der Waals surface area contributed by atoms with Gasteiger partial charge in [-0.1, -0.05) is 12.8 Å². The van der Waals surface area contributed by atoms with Gasteiger partial charge in [0.25, 0.3) is 0 Å². The highest BCUT2D eigenvalue weighted by Gasteiger charge is 2.14. The van der Waals surface area contributed by atoms with Crippen LogP contribution in [0.1, 0.15) is 33.4 Å². The molecule has 0 aliphatic rings. The summed E-state index contributed by atoms with van der Waals surface area (Å²) in [5, 5.41) is 17.9. The molecule has 3 aromatic rings. The lowest BCUT2D eigenvalue weighted by Crippen LogP contribution is -2.14. The molecule has 0 bridgehead atoms. The van der Waals surface area contributed by atoms with Crippen LogP contribution in [0.4, 0.5) is 0 Å². The van der Waals surface area contributed by atoms with Gasteiger partial charge in [0.2, 0.25) is 0 Å². The van der Waals surface area contributed by atoms with Crippen molar-refractivity contribution in [3.63, 3.8) is 0 Å². The molecule has 1 unspecified atom stereocenters. The Balaban J connectivity index is 2.03. The number of fused-ring (bicyclic) bond motifs is 1. The third-order valence-corrected chi connectivity index (χ3v) is 4.19. The second-order valence-corrected chi connectivity index (χ2v) is 7.34. The van der Waals surface area contributed by atoms with E-state index in [1.54, 1.807) is 13.8 Å². The Morgan fingerprint density at radius 1 is 1.37 bits per heavy atom. The summed E-state index contributed by atoms with van der Waals surface area (Å²) in [5.74, 6) is 6.17. The monoisotopic (exact) mass is 366 g/mol. The van der Waals surface area contributed by atoms with Gasteiger partial charge in [0.15, 0.2) is 0 Å². The number of rotatable bonds is 6. The van der Waals surface area contributed by atoms with Gasteiger partial charge >= 0.3 is 0 Å². The van der Waals surface area contributed by atoms with E-state index in [0.717, 1.165) is 41.8 Å². The van der Waals surface area contributed by atoms with Crippen molar-refractivity contribution in [2.24, 2.45) is 5.92 Å². The van der Waals surface area contributed by atoms with Crippen molar-refractivity contribution in [2.45, 2.75) is 39.8 Å². The van der Waals surface area contributed by atoms with E-state index in [-0.39, 0.29) is 0 Å². The first-order valence-corrected chi connectivity index (χ1v) is 9.18. The van der Waals surface area contributed by atoms with Gasteiger partial charge in [-0.2, -0.15) is 5.10 Å². The Bertz CT molecular complexity index is 956. The van der Waals surface area contributed by atoms with Crippen LogP contribution in [0.15, 0.2) is 30.9 Å². The minimum Gasteiger partial charge on any atom is -0.381 e. The summed E-state index contributed by atoms with van der Waals surface area (Å²) < 4.78 is 7.77. The average Bonchev–Trinajstić information content (AvgIpc) is 3.25. The number of nitrogens with zero attached hydrogens (tertiary/aromatic N) is 3. The Labute approximate surface area is 159 Å². The first-order valence-electron chi connectivity index (χ1n) is 9.18. The van der Waals surface area contributed by atoms with Gasteiger partial charge < -0.3 is 14.4 Å². The fourth-order valence-electron chi connectivity index (χ4n) is 2.96. The fourth-order valence-corrected chi connectivity index (χ4v) is 2.96. The van der Waals surface area contributed by atoms with Crippen LogP contribution in [0.5, 0.6) is 0 Å². The van der Waals surface area contributed by atoms with Gasteiger partial charge in [-0.3, -0.25) is 5.10 Å². The van der Waals surface area contributed by atoms with Crippen LogP contribution in [-0.4, -0.2) is 43.7 Å². The van der Waals surface area contributed by atoms with Crippen molar-refractivity contribution in [2.75, 3.05) is 13.2 Å². The third-order valence-electron chi connectivity index (χ3n) is 4.19. The highest BCUT2D eigenvalue weighted by atomic mass is 16.5. The van der Waals surface area contributed by atoms with Gasteiger partial charge in [-0.25, -0.2) is 4.98 Å². The van der Waals surface area contributed by atoms with Crippen LogP contribution >= 0.6 is 0 Å². The van der Waals surface area contributed by atoms with E-state index in [1.807, 2.05) is 31.6 Å². The zero-order valence-corrected chi connectivity index (χ0v) is 16.3. The maximum atomic E-state index is 9.84. The van der Waals surface area contributed by atoms with Crippen LogP contribution in [0.25, 0.3) is 22.0 Å². The summed E-state index contributed by atoms with van der Waals surface area (Å²) in [7, 11) is 0. The highest BCUT2D eigenvalue weighted by Crippen LogP contribution is 2.30. The zero-order chi connectivity index (χ0) is 19.4. The standard InChI is InChI=1S/C21H26N4O2/c1-5-27-14-15(2)12-25-13-19(16-9-23-24-10-16)18-8-17(22-11-20(18)25)6-7-21(3,4)26/h8-11,13,15,26H,5,12,14H2,1-4H3,(H,23,24). The van der Waals surface area contributed by atoms with Crippen LogP contribution < -0.4 is 0 Å². The topological polar surface area (TPSA) is 76.0 Å². The summed E-state index contributed by atoms with van der Waals surface area (Å²) in [6, 6.07) is 1.97. The molecular formula is C21H26N4O2. The van der Waals surface area contributed by atoms with Crippen molar-refractivity contribution < 1.29 is 9.84 Å². The first kappa shape index (κ1) is 19.2. The molecule has 0 spiro atoms. The van der Waals surface area contributed by atoms with E-state index in [4.69, 9.17) is 4.74 Å². The minimum absolute atomic E-state index is 0.382. The molecule has 0 fully saturated rings. The number of ether oxygens (including phenoxy) is 1. The number of aromatic amines is 1. The molecule has 0 amide bonds. The molecule has 27 heavy (non-hydrogen) atoms. The number of aromatic nitrogens is 4. The normalized spacial score (nSPS) is 12.8. The number of H-pyrrole nitrogens is 1. The summed E-state index contributed by atoms with van der Waals surface area (Å²) in [5.41, 5.74) is 2.72. The highest BCUT2D eigenvalue weighted by molar-refractivity contribution is 5.96. The van der Waals surface area contributed by atoms with Crippen LogP contribution in [0.3, 0.4) is 0 Å². The predicted molar refractivity (Wildman–Crippen MR) is 106 cm³/mol. The Hall–Kier alpha value is -2.62. The van der Waals surface area contributed by atoms with E-state index in [0.29, 0.717) is 11.6 Å². The zero-order valence-electron chi connectivity index (χ0n) is 16.3. The maximum Gasteiger partial charge on any atom is 0.120 e. The molecule has 3 rings (SSSR count). The predicted octanol–water partition coefficient (Wildman–Crippen LogP) is 3.22. The molecule has 6 nitrogen and oxygen atoms in total. The minimum atomic E-state index is -1.05. The molecule has 3 heterocycles. The summed E-state index contributed by atoms with van der Waals surface area (Å²) in [6.45, 7) is 9.79. The van der Waals surface area contributed by atoms with Crippen molar-refractivity contribution in [1.29, 1.82) is 0 Å². The van der Waals surface area contributed by atoms with Gasteiger partial charge in [-0.15, -0.1) is 0 Å². The van der Waals surface area contributed by atoms with Crippen LogP contribution in [0, 0.1) is 17.8 Å². The lowest BCUT2D eigenvalue weighted by Gasteiger charge is -2.13. The second kappa shape index (κ2) is 7.95. The van der Waals surface area contributed by atoms with E-state index in [2.05, 4.69) is 44.7 Å². The fraction of sp³-hybridized carbons (Fsp3) is 0.429. The van der Waals surface area contributed by atoms with Gasteiger partial charge in [0.1, 0.15) is 11.3 Å². The lowest BCUT2D eigenvalue weighted by molar-refractivity contribution is 0.110. The number of hydrogen-bond acceptors (Lipinski definition) is 4. The number of pyridine rings is 1. The second-order valence-electron chi connectivity index (χ2n) is 7.34. The maximum absolute atomic E-state index is 9.84. The number of nitrogens with one attached hydrogen (secondary N) is 1.